The number of rotatable bonds is 8. The summed E-state index contributed by atoms with van der Waals surface area (Å²) in [6.07, 6.45) is 4.18. The SMILES string of the molecule is C[C@@H]1CN([C@@H](C)CO)C(=O)c2cccc(NC(=O)C3CCCCC3)c2O[C@H]1CN(C)S(=O)(=O)c1cccs1. The lowest BCUT2D eigenvalue weighted by atomic mass is 9.88. The Morgan fingerprint density at radius 1 is 1.24 bits per heavy atom. The molecular formula is C27H37N3O6S2. The van der Waals surface area contributed by atoms with Crippen molar-refractivity contribution in [2.24, 2.45) is 11.8 Å². The summed E-state index contributed by atoms with van der Waals surface area (Å²) < 4.78 is 34.3. The number of amides is 2. The Bertz CT molecular complexity index is 1230. The molecule has 2 aliphatic rings. The van der Waals surface area contributed by atoms with Crippen LogP contribution >= 0.6 is 11.3 Å². The summed E-state index contributed by atoms with van der Waals surface area (Å²) >= 11 is 1.15. The molecule has 1 fully saturated rings. The second-order valence-corrected chi connectivity index (χ2v) is 13.6. The Hall–Kier alpha value is -2.47. The van der Waals surface area contributed by atoms with Crippen LogP contribution in [-0.4, -0.2) is 73.4 Å². The predicted octanol–water partition coefficient (Wildman–Crippen LogP) is 3.81. The highest BCUT2D eigenvalue weighted by molar-refractivity contribution is 7.91. The topological polar surface area (TPSA) is 116 Å². The number of fused-ring (bicyclic) bond motifs is 1. The highest BCUT2D eigenvalue weighted by Crippen LogP contribution is 2.36. The van der Waals surface area contributed by atoms with Gasteiger partial charge in [0.25, 0.3) is 15.9 Å². The first-order chi connectivity index (χ1) is 18.1. The lowest BCUT2D eigenvalue weighted by Crippen LogP contribution is -2.50. The molecule has 0 unspecified atom stereocenters. The van der Waals surface area contributed by atoms with Crippen LogP contribution in [0, 0.1) is 11.8 Å². The molecule has 2 amide bonds. The Kier molecular flexibility index (Phi) is 9.12. The number of ether oxygens (including phenoxy) is 1. The van der Waals surface area contributed by atoms with Gasteiger partial charge >= 0.3 is 0 Å². The molecule has 2 aromatic rings. The number of nitrogens with one attached hydrogen (secondary N) is 1. The summed E-state index contributed by atoms with van der Waals surface area (Å²) in [5.74, 6) is -0.537. The summed E-state index contributed by atoms with van der Waals surface area (Å²) in [5, 5.41) is 14.6. The quantitative estimate of drug-likeness (QED) is 0.505. The lowest BCUT2D eigenvalue weighted by molar-refractivity contribution is -0.120. The minimum atomic E-state index is -3.72. The molecule has 208 valence electrons. The molecule has 11 heteroatoms. The van der Waals surface area contributed by atoms with Crippen molar-refractivity contribution in [3.8, 4) is 5.75 Å². The van der Waals surface area contributed by atoms with Gasteiger partial charge in [-0.2, -0.15) is 4.31 Å². The van der Waals surface area contributed by atoms with Crippen molar-refractivity contribution >= 4 is 38.9 Å². The van der Waals surface area contributed by atoms with Crippen LogP contribution in [0.15, 0.2) is 39.9 Å². The first-order valence-corrected chi connectivity index (χ1v) is 15.5. The van der Waals surface area contributed by atoms with Gasteiger partial charge in [-0.1, -0.05) is 38.3 Å². The molecule has 0 saturated heterocycles. The number of carbonyl (C=O) groups excluding carboxylic acids is 2. The summed E-state index contributed by atoms with van der Waals surface area (Å²) in [7, 11) is -2.21. The van der Waals surface area contributed by atoms with Crippen LogP contribution in [-0.2, 0) is 14.8 Å². The van der Waals surface area contributed by atoms with Gasteiger partial charge in [-0.25, -0.2) is 8.42 Å². The number of thiophene rings is 1. The number of para-hydroxylation sites is 1. The van der Waals surface area contributed by atoms with E-state index in [-0.39, 0.29) is 58.9 Å². The average Bonchev–Trinajstić information content (AvgIpc) is 3.47. The normalized spacial score (nSPS) is 21.8. The molecule has 2 N–H and O–H groups in total. The van der Waals surface area contributed by atoms with Crippen molar-refractivity contribution in [3.63, 3.8) is 0 Å². The highest BCUT2D eigenvalue weighted by Gasteiger charge is 2.36. The number of nitrogens with zero attached hydrogens (tertiary/aromatic N) is 2. The van der Waals surface area contributed by atoms with Gasteiger partial charge < -0.3 is 20.1 Å². The standard InChI is InChI=1S/C27H37N3O6S2/c1-18-15-30(19(2)17-31)27(33)21-11-7-12-22(28-26(32)20-9-5-4-6-10-20)25(21)36-23(18)16-29(3)38(34,35)24-13-8-14-37-24/h7-8,11-14,18-20,23,31H,4-6,9-10,15-17H2,1-3H3,(H,28,32)/t18-,19+,23+/m1/s1. The van der Waals surface area contributed by atoms with Gasteiger partial charge in [0.05, 0.1) is 30.4 Å². The van der Waals surface area contributed by atoms with Crippen molar-refractivity contribution in [2.75, 3.05) is 32.1 Å². The van der Waals surface area contributed by atoms with Gasteiger partial charge in [0.15, 0.2) is 5.75 Å². The van der Waals surface area contributed by atoms with Gasteiger partial charge in [-0.3, -0.25) is 9.59 Å². The van der Waals surface area contributed by atoms with E-state index >= 15 is 0 Å². The van der Waals surface area contributed by atoms with Crippen LogP contribution in [0.5, 0.6) is 5.75 Å². The monoisotopic (exact) mass is 563 g/mol. The Labute approximate surface area is 228 Å². The van der Waals surface area contributed by atoms with Crippen molar-refractivity contribution in [3.05, 3.63) is 41.3 Å². The van der Waals surface area contributed by atoms with Crippen LogP contribution in [0.3, 0.4) is 0 Å². The smallest absolute Gasteiger partial charge is 0.258 e. The van der Waals surface area contributed by atoms with E-state index in [1.807, 2.05) is 6.92 Å². The molecule has 1 aliphatic heterocycles. The zero-order valence-corrected chi connectivity index (χ0v) is 23.8. The van der Waals surface area contributed by atoms with Crippen molar-refractivity contribution in [1.82, 2.24) is 9.21 Å². The molecule has 1 aliphatic carbocycles. The molecule has 0 bridgehead atoms. The second-order valence-electron chi connectivity index (χ2n) is 10.3. The predicted molar refractivity (Wildman–Crippen MR) is 147 cm³/mol. The number of hydrogen-bond acceptors (Lipinski definition) is 7. The molecule has 1 aromatic carbocycles. The molecule has 9 nitrogen and oxygen atoms in total. The number of anilines is 1. The van der Waals surface area contributed by atoms with Crippen LogP contribution in [0.4, 0.5) is 5.69 Å². The minimum Gasteiger partial charge on any atom is -0.486 e. The van der Waals surface area contributed by atoms with E-state index in [1.165, 1.54) is 11.4 Å². The summed E-state index contributed by atoms with van der Waals surface area (Å²) in [6.45, 7) is 3.76. The summed E-state index contributed by atoms with van der Waals surface area (Å²) in [4.78, 5) is 28.3. The first kappa shape index (κ1) is 28.5. The highest BCUT2D eigenvalue weighted by atomic mass is 32.2. The average molecular weight is 564 g/mol. The molecule has 1 aromatic heterocycles. The van der Waals surface area contributed by atoms with Gasteiger partial charge in [-0.05, 0) is 43.3 Å². The Morgan fingerprint density at radius 3 is 2.63 bits per heavy atom. The van der Waals surface area contributed by atoms with Crippen LogP contribution < -0.4 is 10.1 Å². The molecule has 3 atom stereocenters. The van der Waals surface area contributed by atoms with Crippen LogP contribution in [0.1, 0.15) is 56.3 Å². The maximum atomic E-state index is 13.6. The Morgan fingerprint density at radius 2 is 1.97 bits per heavy atom. The second kappa shape index (κ2) is 12.1. The zero-order chi connectivity index (χ0) is 27.4. The fourth-order valence-corrected chi connectivity index (χ4v) is 7.46. The fraction of sp³-hybridized carbons (Fsp3) is 0.556. The number of hydrogen-bond donors (Lipinski definition) is 2. The van der Waals surface area contributed by atoms with Gasteiger partial charge in [0, 0.05) is 25.4 Å². The third-order valence-corrected chi connectivity index (χ3v) is 10.7. The molecular weight excluding hydrogens is 526 g/mol. The number of aliphatic hydroxyl groups excluding tert-OH is 1. The third-order valence-electron chi connectivity index (χ3n) is 7.52. The zero-order valence-electron chi connectivity index (χ0n) is 22.1. The maximum Gasteiger partial charge on any atom is 0.258 e. The van der Waals surface area contributed by atoms with Gasteiger partial charge in [0.1, 0.15) is 10.3 Å². The molecule has 0 radical (unpaired) electrons. The van der Waals surface area contributed by atoms with Gasteiger partial charge in [-0.15, -0.1) is 11.3 Å². The Balaban J connectivity index is 1.69. The lowest BCUT2D eigenvalue weighted by Gasteiger charge is -2.38. The first-order valence-electron chi connectivity index (χ1n) is 13.2. The van der Waals surface area contributed by atoms with E-state index in [2.05, 4.69) is 5.32 Å². The molecule has 2 heterocycles. The largest absolute Gasteiger partial charge is 0.486 e. The molecule has 0 spiro atoms. The number of aliphatic hydroxyl groups is 1. The van der Waals surface area contributed by atoms with E-state index in [4.69, 9.17) is 4.74 Å². The van der Waals surface area contributed by atoms with Gasteiger partial charge in [0.2, 0.25) is 5.91 Å². The van der Waals surface area contributed by atoms with E-state index in [0.717, 1.165) is 43.4 Å². The number of sulfonamides is 1. The van der Waals surface area contributed by atoms with Crippen molar-refractivity contribution in [2.45, 2.75) is 62.3 Å². The van der Waals surface area contributed by atoms with E-state index in [0.29, 0.717) is 5.69 Å². The minimum absolute atomic E-state index is 0.0429. The van der Waals surface area contributed by atoms with Crippen molar-refractivity contribution < 1.29 is 27.9 Å². The van der Waals surface area contributed by atoms with Crippen molar-refractivity contribution in [1.29, 1.82) is 0 Å². The maximum absolute atomic E-state index is 13.6. The number of likely N-dealkylation sites (N-methyl/N-ethyl adjacent to an activating group) is 1. The van der Waals surface area contributed by atoms with E-state index in [1.54, 1.807) is 47.5 Å². The summed E-state index contributed by atoms with van der Waals surface area (Å²) in [5.41, 5.74) is 0.665. The van der Waals surface area contributed by atoms with E-state index < -0.39 is 22.2 Å². The number of carbonyl (C=O) groups is 2. The molecule has 1 saturated carbocycles. The van der Waals surface area contributed by atoms with E-state index in [9.17, 15) is 23.1 Å². The number of benzene rings is 1. The third kappa shape index (κ3) is 6.06. The molecule has 4 rings (SSSR count). The summed E-state index contributed by atoms with van der Waals surface area (Å²) in [6, 6.07) is 7.86. The molecule has 38 heavy (non-hydrogen) atoms. The van der Waals surface area contributed by atoms with Crippen LogP contribution in [0.25, 0.3) is 0 Å². The fourth-order valence-electron chi connectivity index (χ4n) is 5.07. The van der Waals surface area contributed by atoms with Crippen LogP contribution in [0.2, 0.25) is 0 Å².